The van der Waals surface area contributed by atoms with Crippen molar-refractivity contribution < 1.29 is 14.7 Å². The molecular formula is C16H32N2O3. The molecule has 0 aromatic rings. The Kier molecular flexibility index (Phi) is 9.84. The van der Waals surface area contributed by atoms with Crippen LogP contribution in [0.1, 0.15) is 60.3 Å². The maximum Gasteiger partial charge on any atom is 0.317 e. The number of nitrogens with one attached hydrogen (secondary N) is 1. The largest absolute Gasteiger partial charge is 0.481 e. The van der Waals surface area contributed by atoms with Crippen molar-refractivity contribution in [3.05, 3.63) is 0 Å². The summed E-state index contributed by atoms with van der Waals surface area (Å²) in [4.78, 5) is 24.9. The third-order valence-electron chi connectivity index (χ3n) is 3.48. The van der Waals surface area contributed by atoms with Crippen molar-refractivity contribution in [1.82, 2.24) is 10.2 Å². The molecule has 0 radical (unpaired) electrons. The minimum Gasteiger partial charge on any atom is -0.481 e. The second kappa shape index (κ2) is 10.5. The van der Waals surface area contributed by atoms with E-state index in [0.717, 1.165) is 25.9 Å². The average Bonchev–Trinajstić information content (AvgIpc) is 2.36. The van der Waals surface area contributed by atoms with Gasteiger partial charge in [-0.1, -0.05) is 34.6 Å². The fraction of sp³-hybridized carbons (Fsp3) is 0.875. The smallest absolute Gasteiger partial charge is 0.317 e. The zero-order chi connectivity index (χ0) is 16.4. The van der Waals surface area contributed by atoms with Gasteiger partial charge in [0.2, 0.25) is 0 Å². The first kappa shape index (κ1) is 19.7. The molecule has 0 heterocycles. The van der Waals surface area contributed by atoms with Crippen LogP contribution in [0.15, 0.2) is 0 Å². The quantitative estimate of drug-likeness (QED) is 0.650. The maximum atomic E-state index is 12.3. The first-order valence-electron chi connectivity index (χ1n) is 8.03. The van der Waals surface area contributed by atoms with E-state index in [9.17, 15) is 9.59 Å². The summed E-state index contributed by atoms with van der Waals surface area (Å²) in [6.45, 7) is 11.9. The van der Waals surface area contributed by atoms with E-state index in [1.165, 1.54) is 0 Å². The second-order valence-corrected chi connectivity index (χ2v) is 6.50. The van der Waals surface area contributed by atoms with E-state index in [-0.39, 0.29) is 18.5 Å². The molecule has 0 bridgehead atoms. The van der Waals surface area contributed by atoms with Crippen molar-refractivity contribution >= 4 is 12.0 Å². The van der Waals surface area contributed by atoms with Crippen molar-refractivity contribution in [2.24, 2.45) is 11.8 Å². The minimum absolute atomic E-state index is 0.0234. The molecule has 2 N–H and O–H groups in total. The van der Waals surface area contributed by atoms with Crippen molar-refractivity contribution in [2.45, 2.75) is 66.3 Å². The molecule has 0 aliphatic heterocycles. The predicted octanol–water partition coefficient (Wildman–Crippen LogP) is 3.34. The normalized spacial score (nSPS) is 12.5. The first-order chi connectivity index (χ1) is 9.76. The number of amides is 2. The Bertz CT molecular complexity index is 305. The van der Waals surface area contributed by atoms with Gasteiger partial charge in [0.1, 0.15) is 0 Å². The fourth-order valence-electron chi connectivity index (χ4n) is 1.92. The van der Waals surface area contributed by atoms with Crippen LogP contribution in [-0.4, -0.2) is 41.1 Å². The molecule has 0 aromatic carbocycles. The number of hydrogen-bond donors (Lipinski definition) is 2. The standard InChI is InChI=1S/C16H32N2O3/c1-6-14(11-15(19)20)17-16(21)18(9-7-12(2)3)10-8-13(4)5/h12-14H,6-11H2,1-5H3,(H,17,21)(H,19,20). The van der Waals surface area contributed by atoms with E-state index in [1.807, 2.05) is 11.8 Å². The lowest BCUT2D eigenvalue weighted by molar-refractivity contribution is -0.137. The number of carbonyl (C=O) groups is 2. The molecule has 2 amide bonds. The summed E-state index contributed by atoms with van der Waals surface area (Å²) in [5, 5.41) is 11.7. The monoisotopic (exact) mass is 300 g/mol. The van der Waals surface area contributed by atoms with Crippen LogP contribution in [0.2, 0.25) is 0 Å². The van der Waals surface area contributed by atoms with Gasteiger partial charge in [-0.3, -0.25) is 4.79 Å². The molecule has 0 fully saturated rings. The number of rotatable bonds is 10. The third kappa shape index (κ3) is 10.2. The van der Waals surface area contributed by atoms with Crippen LogP contribution in [0.4, 0.5) is 4.79 Å². The number of carbonyl (C=O) groups excluding carboxylic acids is 1. The highest BCUT2D eigenvalue weighted by molar-refractivity contribution is 5.75. The second-order valence-electron chi connectivity index (χ2n) is 6.50. The molecule has 0 spiro atoms. The summed E-state index contributed by atoms with van der Waals surface area (Å²) in [6.07, 6.45) is 2.52. The SMILES string of the molecule is CCC(CC(=O)O)NC(=O)N(CCC(C)C)CCC(C)C. The van der Waals surface area contributed by atoms with Crippen molar-refractivity contribution in [3.63, 3.8) is 0 Å². The molecule has 0 aromatic heterocycles. The number of nitrogens with zero attached hydrogens (tertiary/aromatic N) is 1. The van der Waals surface area contributed by atoms with Crippen LogP contribution < -0.4 is 5.32 Å². The molecule has 0 saturated carbocycles. The molecule has 5 heteroatoms. The van der Waals surface area contributed by atoms with Crippen LogP contribution in [0.5, 0.6) is 0 Å². The van der Waals surface area contributed by atoms with E-state index < -0.39 is 5.97 Å². The van der Waals surface area contributed by atoms with E-state index >= 15 is 0 Å². The molecule has 5 nitrogen and oxygen atoms in total. The van der Waals surface area contributed by atoms with E-state index in [4.69, 9.17) is 5.11 Å². The Balaban J connectivity index is 4.55. The molecular weight excluding hydrogens is 268 g/mol. The molecule has 1 atom stereocenters. The van der Waals surface area contributed by atoms with Crippen molar-refractivity contribution in [3.8, 4) is 0 Å². The lowest BCUT2D eigenvalue weighted by Gasteiger charge is -2.27. The van der Waals surface area contributed by atoms with Crippen LogP contribution in [-0.2, 0) is 4.79 Å². The van der Waals surface area contributed by atoms with Gasteiger partial charge in [-0.05, 0) is 31.1 Å². The highest BCUT2D eigenvalue weighted by Gasteiger charge is 2.19. The first-order valence-corrected chi connectivity index (χ1v) is 8.03. The van der Waals surface area contributed by atoms with Crippen LogP contribution in [0.3, 0.4) is 0 Å². The Morgan fingerprint density at radius 2 is 1.52 bits per heavy atom. The van der Waals surface area contributed by atoms with Crippen LogP contribution in [0.25, 0.3) is 0 Å². The van der Waals surface area contributed by atoms with Gasteiger partial charge in [-0.15, -0.1) is 0 Å². The van der Waals surface area contributed by atoms with Gasteiger partial charge in [0, 0.05) is 19.1 Å². The molecule has 0 aliphatic rings. The molecule has 21 heavy (non-hydrogen) atoms. The Morgan fingerprint density at radius 1 is 1.05 bits per heavy atom. The zero-order valence-electron chi connectivity index (χ0n) is 14.2. The van der Waals surface area contributed by atoms with Crippen LogP contribution >= 0.6 is 0 Å². The summed E-state index contributed by atoms with van der Waals surface area (Å²) in [5.41, 5.74) is 0. The lowest BCUT2D eigenvalue weighted by Crippen LogP contribution is -2.46. The number of carboxylic acid groups (broad SMARTS) is 1. The van der Waals surface area contributed by atoms with Crippen LogP contribution in [0, 0.1) is 11.8 Å². The Labute approximate surface area is 129 Å². The summed E-state index contributed by atoms with van der Waals surface area (Å²) >= 11 is 0. The van der Waals surface area contributed by atoms with E-state index in [1.54, 1.807) is 0 Å². The van der Waals surface area contributed by atoms with Gasteiger partial charge < -0.3 is 15.3 Å². The number of aliphatic carboxylic acids is 1. The number of hydrogen-bond acceptors (Lipinski definition) is 2. The van der Waals surface area contributed by atoms with Gasteiger partial charge >= 0.3 is 12.0 Å². The molecule has 0 saturated heterocycles. The predicted molar refractivity (Wildman–Crippen MR) is 85.3 cm³/mol. The third-order valence-corrected chi connectivity index (χ3v) is 3.48. The highest BCUT2D eigenvalue weighted by Crippen LogP contribution is 2.08. The highest BCUT2D eigenvalue weighted by atomic mass is 16.4. The average molecular weight is 300 g/mol. The topological polar surface area (TPSA) is 69.6 Å². The maximum absolute atomic E-state index is 12.3. The summed E-state index contributed by atoms with van der Waals surface area (Å²) in [5.74, 6) is 0.207. The minimum atomic E-state index is -0.877. The Hall–Kier alpha value is -1.26. The summed E-state index contributed by atoms with van der Waals surface area (Å²) in [7, 11) is 0. The van der Waals surface area contributed by atoms with E-state index in [0.29, 0.717) is 18.3 Å². The summed E-state index contributed by atoms with van der Waals surface area (Å²) < 4.78 is 0. The van der Waals surface area contributed by atoms with E-state index in [2.05, 4.69) is 33.0 Å². The van der Waals surface area contributed by atoms with Gasteiger partial charge in [0.05, 0.1) is 6.42 Å². The molecule has 0 aliphatic carbocycles. The van der Waals surface area contributed by atoms with Crippen molar-refractivity contribution in [1.29, 1.82) is 0 Å². The number of urea groups is 1. The van der Waals surface area contributed by atoms with Gasteiger partial charge in [-0.25, -0.2) is 4.79 Å². The fourth-order valence-corrected chi connectivity index (χ4v) is 1.92. The van der Waals surface area contributed by atoms with Crippen molar-refractivity contribution in [2.75, 3.05) is 13.1 Å². The molecule has 1 unspecified atom stereocenters. The number of carboxylic acids is 1. The Morgan fingerprint density at radius 3 is 1.86 bits per heavy atom. The van der Waals surface area contributed by atoms with Gasteiger partial charge in [-0.2, -0.15) is 0 Å². The molecule has 0 rings (SSSR count). The summed E-state index contributed by atoms with van der Waals surface area (Å²) in [6, 6.07) is -0.431. The molecule has 124 valence electrons. The van der Waals surface area contributed by atoms with Gasteiger partial charge in [0.25, 0.3) is 0 Å². The van der Waals surface area contributed by atoms with Gasteiger partial charge in [0.15, 0.2) is 0 Å². The zero-order valence-corrected chi connectivity index (χ0v) is 14.2. The lowest BCUT2D eigenvalue weighted by atomic mass is 10.1.